The molecule has 4 saturated carbocycles. The average Bonchev–Trinajstić information content (AvgIpc) is 3.06. The van der Waals surface area contributed by atoms with E-state index in [9.17, 15) is 25.5 Å². The molecule has 4 aliphatic carbocycles. The normalized spacial score (nSPS) is 51.5. The number of aliphatic hydroxyl groups excluding tert-OH is 3. The highest BCUT2D eigenvalue weighted by molar-refractivity contribution is 5.24. The van der Waals surface area contributed by atoms with Gasteiger partial charge in [0.05, 0.1) is 29.5 Å². The molecule has 0 radical (unpaired) electrons. The number of hydrogen-bond donors (Lipinski definition) is 5. The van der Waals surface area contributed by atoms with Crippen molar-refractivity contribution in [2.75, 3.05) is 0 Å². The van der Waals surface area contributed by atoms with Crippen LogP contribution in [0.1, 0.15) is 106 Å². The SMILES string of the molecule is C=C(C)C(O)CC[C@](C)(O)[C@@]1(O)CC[C@]2(C)[C@@H]1[C@H](O)C[C@@H]1[C@@]3(C)CC[C@@H](O)C(C)(C)[C@@H]3CC[C@]12C. The Morgan fingerprint density at radius 1 is 0.971 bits per heavy atom. The fraction of sp³-hybridized carbons (Fsp3) is 0.933. The average molecular weight is 493 g/mol. The lowest BCUT2D eigenvalue weighted by atomic mass is 9.35. The molecule has 0 spiro atoms. The molecule has 4 aliphatic rings. The Hall–Kier alpha value is -0.460. The molecule has 0 aliphatic heterocycles. The molecule has 202 valence electrons. The van der Waals surface area contributed by atoms with Crippen LogP contribution in [0.3, 0.4) is 0 Å². The Morgan fingerprint density at radius 2 is 1.60 bits per heavy atom. The zero-order chi connectivity index (χ0) is 26.4. The molecule has 4 rings (SSSR count). The second-order valence-corrected chi connectivity index (χ2v) is 14.7. The van der Waals surface area contributed by atoms with Crippen molar-refractivity contribution in [3.05, 3.63) is 12.2 Å². The molecule has 5 N–H and O–H groups in total. The van der Waals surface area contributed by atoms with Gasteiger partial charge in [0, 0.05) is 5.92 Å². The molecular weight excluding hydrogens is 440 g/mol. The van der Waals surface area contributed by atoms with Crippen LogP contribution in [-0.2, 0) is 0 Å². The molecular formula is C30H52O5. The van der Waals surface area contributed by atoms with Gasteiger partial charge < -0.3 is 25.5 Å². The van der Waals surface area contributed by atoms with Crippen LogP contribution in [0.4, 0.5) is 0 Å². The summed E-state index contributed by atoms with van der Waals surface area (Å²) >= 11 is 0. The summed E-state index contributed by atoms with van der Waals surface area (Å²) in [7, 11) is 0. The highest BCUT2D eigenvalue weighted by Crippen LogP contribution is 2.76. The molecule has 0 aromatic carbocycles. The van der Waals surface area contributed by atoms with E-state index in [0.29, 0.717) is 36.7 Å². The number of rotatable bonds is 5. The van der Waals surface area contributed by atoms with Gasteiger partial charge in [-0.05, 0) is 105 Å². The lowest BCUT2D eigenvalue weighted by Gasteiger charge is -2.70. The third-order valence-electron chi connectivity index (χ3n) is 12.8. The minimum Gasteiger partial charge on any atom is -0.393 e. The van der Waals surface area contributed by atoms with Crippen molar-refractivity contribution >= 4 is 0 Å². The van der Waals surface area contributed by atoms with Crippen molar-refractivity contribution in [2.24, 2.45) is 39.4 Å². The Kier molecular flexibility index (Phi) is 6.51. The zero-order valence-corrected chi connectivity index (χ0v) is 23.3. The molecule has 1 unspecified atom stereocenters. The van der Waals surface area contributed by atoms with Crippen LogP contribution in [0.2, 0.25) is 0 Å². The monoisotopic (exact) mass is 492 g/mol. The number of hydrogen-bond acceptors (Lipinski definition) is 5. The van der Waals surface area contributed by atoms with Crippen LogP contribution in [0.5, 0.6) is 0 Å². The molecule has 5 nitrogen and oxygen atoms in total. The summed E-state index contributed by atoms with van der Waals surface area (Å²) < 4.78 is 0. The van der Waals surface area contributed by atoms with E-state index in [0.717, 1.165) is 32.1 Å². The smallest absolute Gasteiger partial charge is 0.0988 e. The van der Waals surface area contributed by atoms with Crippen molar-refractivity contribution in [1.82, 2.24) is 0 Å². The predicted molar refractivity (Wildman–Crippen MR) is 139 cm³/mol. The van der Waals surface area contributed by atoms with Crippen molar-refractivity contribution < 1.29 is 25.5 Å². The van der Waals surface area contributed by atoms with Gasteiger partial charge in [0.1, 0.15) is 0 Å². The zero-order valence-electron chi connectivity index (χ0n) is 23.3. The van der Waals surface area contributed by atoms with Gasteiger partial charge in [-0.15, -0.1) is 0 Å². The van der Waals surface area contributed by atoms with Crippen LogP contribution in [-0.4, -0.2) is 55.0 Å². The predicted octanol–water partition coefficient (Wildman–Crippen LogP) is 4.59. The van der Waals surface area contributed by atoms with E-state index in [1.54, 1.807) is 13.8 Å². The minimum atomic E-state index is -1.42. The summed E-state index contributed by atoms with van der Waals surface area (Å²) in [5.74, 6) is 0.279. The maximum Gasteiger partial charge on any atom is 0.0988 e. The molecule has 5 heteroatoms. The third-order valence-corrected chi connectivity index (χ3v) is 12.8. The highest BCUT2D eigenvalue weighted by Gasteiger charge is 2.74. The molecule has 0 amide bonds. The lowest BCUT2D eigenvalue weighted by molar-refractivity contribution is -0.271. The quantitative estimate of drug-likeness (QED) is 0.362. The molecule has 4 fully saturated rings. The summed E-state index contributed by atoms with van der Waals surface area (Å²) in [5.41, 5.74) is -2.69. The van der Waals surface area contributed by atoms with E-state index in [-0.39, 0.29) is 34.2 Å². The van der Waals surface area contributed by atoms with Gasteiger partial charge in [-0.3, -0.25) is 0 Å². The van der Waals surface area contributed by atoms with Gasteiger partial charge in [0.15, 0.2) is 0 Å². The summed E-state index contributed by atoms with van der Waals surface area (Å²) in [5, 5.41) is 56.7. The minimum absolute atomic E-state index is 0.0273. The molecule has 0 aromatic rings. The van der Waals surface area contributed by atoms with E-state index in [2.05, 4.69) is 41.2 Å². The van der Waals surface area contributed by atoms with E-state index in [4.69, 9.17) is 0 Å². The van der Waals surface area contributed by atoms with Crippen molar-refractivity contribution in [1.29, 1.82) is 0 Å². The maximum atomic E-state index is 12.2. The van der Waals surface area contributed by atoms with E-state index in [1.165, 1.54) is 0 Å². The van der Waals surface area contributed by atoms with Crippen LogP contribution in [0.15, 0.2) is 12.2 Å². The van der Waals surface area contributed by atoms with E-state index >= 15 is 0 Å². The van der Waals surface area contributed by atoms with Gasteiger partial charge in [-0.25, -0.2) is 0 Å². The van der Waals surface area contributed by atoms with Crippen molar-refractivity contribution in [3.8, 4) is 0 Å². The summed E-state index contributed by atoms with van der Waals surface area (Å²) in [6, 6.07) is 0. The topological polar surface area (TPSA) is 101 Å². The first-order valence-electron chi connectivity index (χ1n) is 14.0. The summed E-state index contributed by atoms with van der Waals surface area (Å²) in [6.45, 7) is 18.8. The summed E-state index contributed by atoms with van der Waals surface area (Å²) in [4.78, 5) is 0. The van der Waals surface area contributed by atoms with Gasteiger partial charge in [0.25, 0.3) is 0 Å². The molecule has 0 aromatic heterocycles. The van der Waals surface area contributed by atoms with Crippen LogP contribution in [0, 0.1) is 39.4 Å². The van der Waals surface area contributed by atoms with Gasteiger partial charge in [-0.1, -0.05) is 46.8 Å². The molecule has 0 heterocycles. The fourth-order valence-electron chi connectivity index (χ4n) is 10.3. The van der Waals surface area contributed by atoms with Gasteiger partial charge in [-0.2, -0.15) is 0 Å². The largest absolute Gasteiger partial charge is 0.393 e. The number of fused-ring (bicyclic) bond motifs is 5. The standard InChI is InChI=1S/C30H52O5/c1-18(2)19(31)9-14-29(8,34)30(35)16-15-28(7)24(30)20(32)17-22-26(5)12-11-23(33)25(3,4)21(26)10-13-27(22,28)6/h19-24,31-35H,1,9-17H2,2-8H3/t19?,20-,21+,22-,23-,24+,26+,27-,28-,29+,30-/m1/s1. The molecule has 11 atom stereocenters. The van der Waals surface area contributed by atoms with Crippen LogP contribution in [0.25, 0.3) is 0 Å². The second-order valence-electron chi connectivity index (χ2n) is 14.7. The maximum absolute atomic E-state index is 12.2. The Labute approximate surface area is 213 Å². The first kappa shape index (κ1) is 27.6. The first-order valence-corrected chi connectivity index (χ1v) is 14.0. The molecule has 35 heavy (non-hydrogen) atoms. The summed E-state index contributed by atoms with van der Waals surface area (Å²) in [6.07, 6.45) is 4.56. The Balaban J connectivity index is 1.69. The van der Waals surface area contributed by atoms with Crippen LogP contribution >= 0.6 is 0 Å². The first-order chi connectivity index (χ1) is 15.9. The van der Waals surface area contributed by atoms with Crippen molar-refractivity contribution in [2.45, 2.75) is 136 Å². The van der Waals surface area contributed by atoms with Crippen LogP contribution < -0.4 is 0 Å². The Bertz CT molecular complexity index is 852. The number of aliphatic hydroxyl groups is 5. The highest BCUT2D eigenvalue weighted by atomic mass is 16.4. The van der Waals surface area contributed by atoms with Gasteiger partial charge >= 0.3 is 0 Å². The Morgan fingerprint density at radius 3 is 2.20 bits per heavy atom. The fourth-order valence-corrected chi connectivity index (χ4v) is 10.3. The third kappa shape index (κ3) is 3.58. The van der Waals surface area contributed by atoms with E-state index < -0.39 is 29.3 Å². The second kappa shape index (κ2) is 8.27. The van der Waals surface area contributed by atoms with Gasteiger partial charge in [0.2, 0.25) is 0 Å². The van der Waals surface area contributed by atoms with E-state index in [1.807, 2.05) is 0 Å². The molecule has 0 saturated heterocycles. The molecule has 0 bridgehead atoms. The van der Waals surface area contributed by atoms with Crippen molar-refractivity contribution in [3.63, 3.8) is 0 Å². The lowest BCUT2D eigenvalue weighted by Crippen LogP contribution is -2.69.